The summed E-state index contributed by atoms with van der Waals surface area (Å²) in [5.41, 5.74) is 3.16. The molecule has 1 aliphatic heterocycles. The molecule has 120 valence electrons. The van der Waals surface area contributed by atoms with Crippen molar-refractivity contribution >= 4 is 5.91 Å². The number of carbonyl (C=O) groups is 1. The number of amides is 1. The molecule has 1 amide bonds. The summed E-state index contributed by atoms with van der Waals surface area (Å²) < 4.78 is 5.24. The summed E-state index contributed by atoms with van der Waals surface area (Å²) in [6.45, 7) is 2.04. The summed E-state index contributed by atoms with van der Waals surface area (Å²) in [6, 6.07) is 5.57. The number of hydrogen-bond donors (Lipinski definition) is 1. The van der Waals surface area contributed by atoms with Gasteiger partial charge in [-0.15, -0.1) is 0 Å². The Hall–Kier alpha value is -2.21. The average Bonchev–Trinajstić information content (AvgIpc) is 3.24. The number of hydrogen-bond acceptors (Lipinski definition) is 5. The maximum absolute atomic E-state index is 13.1. The van der Waals surface area contributed by atoms with E-state index in [-0.39, 0.29) is 11.9 Å². The molecule has 0 radical (unpaired) electrons. The second kappa shape index (κ2) is 5.45. The predicted molar refractivity (Wildman–Crippen MR) is 81.9 cm³/mol. The van der Waals surface area contributed by atoms with Gasteiger partial charge in [0.15, 0.2) is 5.82 Å². The van der Waals surface area contributed by atoms with Gasteiger partial charge in [0.25, 0.3) is 5.91 Å². The third kappa shape index (κ3) is 2.43. The van der Waals surface area contributed by atoms with Crippen LogP contribution in [0.1, 0.15) is 52.1 Å². The number of fused-ring (bicyclic) bond motifs is 1. The van der Waals surface area contributed by atoms with Gasteiger partial charge in [0, 0.05) is 18.5 Å². The van der Waals surface area contributed by atoms with Crippen molar-refractivity contribution in [3.63, 3.8) is 0 Å². The van der Waals surface area contributed by atoms with Crippen LogP contribution in [0.2, 0.25) is 0 Å². The van der Waals surface area contributed by atoms with E-state index in [0.29, 0.717) is 24.7 Å². The summed E-state index contributed by atoms with van der Waals surface area (Å²) >= 11 is 0. The molecule has 2 aliphatic rings. The zero-order valence-electron chi connectivity index (χ0n) is 13.0. The molecule has 2 heterocycles. The van der Waals surface area contributed by atoms with Crippen molar-refractivity contribution in [3.8, 4) is 0 Å². The van der Waals surface area contributed by atoms with Crippen LogP contribution in [0.25, 0.3) is 0 Å². The lowest BCUT2D eigenvalue weighted by molar-refractivity contribution is 0.0692. The summed E-state index contributed by atoms with van der Waals surface area (Å²) in [4.78, 5) is 19.0. The Morgan fingerprint density at radius 2 is 2.26 bits per heavy atom. The minimum atomic E-state index is -0.562. The van der Waals surface area contributed by atoms with Crippen molar-refractivity contribution in [3.05, 3.63) is 46.6 Å². The third-order valence-corrected chi connectivity index (χ3v) is 4.74. The first-order valence-corrected chi connectivity index (χ1v) is 8.03. The first-order valence-electron chi connectivity index (χ1n) is 8.03. The van der Waals surface area contributed by atoms with E-state index >= 15 is 0 Å². The molecule has 0 bridgehead atoms. The highest BCUT2D eigenvalue weighted by molar-refractivity contribution is 5.96. The molecule has 1 saturated heterocycles. The number of nitrogens with zero attached hydrogens (tertiary/aromatic N) is 3. The molecule has 0 saturated carbocycles. The van der Waals surface area contributed by atoms with Gasteiger partial charge in [0.1, 0.15) is 6.04 Å². The Kier molecular flexibility index (Phi) is 3.41. The van der Waals surface area contributed by atoms with E-state index in [4.69, 9.17) is 4.52 Å². The monoisotopic (exact) mass is 313 g/mol. The molecule has 1 aromatic carbocycles. The maximum atomic E-state index is 13.1. The number of aryl methyl sites for hydroxylation is 2. The lowest BCUT2D eigenvalue weighted by Crippen LogP contribution is -2.32. The molecule has 6 heteroatoms. The maximum Gasteiger partial charge on any atom is 0.254 e. The van der Waals surface area contributed by atoms with Crippen molar-refractivity contribution in [2.75, 3.05) is 6.54 Å². The number of carbonyl (C=O) groups excluding carboxylic acids is 1. The molecule has 0 unspecified atom stereocenters. The molecule has 2 atom stereocenters. The number of aliphatic hydroxyl groups excluding tert-OH is 1. The summed E-state index contributed by atoms with van der Waals surface area (Å²) in [5, 5.41) is 13.8. The standard InChI is InChI=1S/C17H19N3O3/c1-10-18-16(23-19-10)15-8-12(21)9-20(15)17(22)14-7-3-5-11-4-2-6-13(11)14/h3,5,7,12,15,21H,2,4,6,8-9H2,1H3/t12-,15-/m1/s1. The third-order valence-electron chi connectivity index (χ3n) is 4.74. The second-order valence-electron chi connectivity index (χ2n) is 6.34. The summed E-state index contributed by atoms with van der Waals surface area (Å²) in [5.74, 6) is 0.885. The number of rotatable bonds is 2. The SMILES string of the molecule is Cc1noc([C@H]2C[C@@H](O)CN2C(=O)c2cccc3c2CCC3)n1. The number of aromatic nitrogens is 2. The fraction of sp³-hybridized carbons (Fsp3) is 0.471. The molecule has 1 aromatic heterocycles. The molecule has 4 rings (SSSR count). The highest BCUT2D eigenvalue weighted by Crippen LogP contribution is 2.34. The zero-order chi connectivity index (χ0) is 16.0. The van der Waals surface area contributed by atoms with E-state index in [1.165, 1.54) is 5.56 Å². The molecule has 1 fully saturated rings. The van der Waals surface area contributed by atoms with Crippen molar-refractivity contribution < 1.29 is 14.4 Å². The van der Waals surface area contributed by atoms with E-state index < -0.39 is 6.10 Å². The van der Waals surface area contributed by atoms with Gasteiger partial charge in [-0.3, -0.25) is 4.79 Å². The molecule has 23 heavy (non-hydrogen) atoms. The van der Waals surface area contributed by atoms with Gasteiger partial charge in [-0.05, 0) is 43.4 Å². The topological polar surface area (TPSA) is 79.5 Å². The average molecular weight is 313 g/mol. The lowest BCUT2D eigenvalue weighted by atomic mass is 10.0. The quantitative estimate of drug-likeness (QED) is 0.915. The van der Waals surface area contributed by atoms with Gasteiger partial charge < -0.3 is 14.5 Å². The summed E-state index contributed by atoms with van der Waals surface area (Å²) in [6.07, 6.45) is 2.94. The van der Waals surface area contributed by atoms with Crippen LogP contribution in [0.15, 0.2) is 22.7 Å². The van der Waals surface area contributed by atoms with Crippen molar-refractivity contribution in [1.82, 2.24) is 15.0 Å². The largest absolute Gasteiger partial charge is 0.391 e. The minimum absolute atomic E-state index is 0.0545. The smallest absolute Gasteiger partial charge is 0.254 e. The van der Waals surface area contributed by atoms with E-state index in [9.17, 15) is 9.90 Å². The highest BCUT2D eigenvalue weighted by atomic mass is 16.5. The van der Waals surface area contributed by atoms with E-state index in [1.807, 2.05) is 12.1 Å². The van der Waals surface area contributed by atoms with Gasteiger partial charge in [0.05, 0.1) is 6.10 Å². The summed E-state index contributed by atoms with van der Waals surface area (Å²) in [7, 11) is 0. The fourth-order valence-corrected chi connectivity index (χ4v) is 3.70. The van der Waals surface area contributed by atoms with Crippen molar-refractivity contribution in [2.24, 2.45) is 0 Å². The van der Waals surface area contributed by atoms with E-state index in [0.717, 1.165) is 30.4 Å². The zero-order valence-corrected chi connectivity index (χ0v) is 13.0. The molecule has 1 aliphatic carbocycles. The number of β-amino-alcohol motifs (C(OH)–C–C–N with tert-alkyl or cyclic N) is 1. The van der Waals surface area contributed by atoms with Crippen LogP contribution in [0.4, 0.5) is 0 Å². The Morgan fingerprint density at radius 3 is 3.04 bits per heavy atom. The first-order chi connectivity index (χ1) is 11.1. The van der Waals surface area contributed by atoms with Crippen LogP contribution < -0.4 is 0 Å². The van der Waals surface area contributed by atoms with Crippen LogP contribution in [0.3, 0.4) is 0 Å². The normalized spacial score (nSPS) is 23.3. The van der Waals surface area contributed by atoms with Crippen LogP contribution in [-0.2, 0) is 12.8 Å². The van der Waals surface area contributed by atoms with Crippen molar-refractivity contribution in [2.45, 2.75) is 44.8 Å². The number of aliphatic hydroxyl groups is 1. The van der Waals surface area contributed by atoms with Gasteiger partial charge in [-0.2, -0.15) is 4.98 Å². The van der Waals surface area contributed by atoms with E-state index in [1.54, 1.807) is 11.8 Å². The van der Waals surface area contributed by atoms with Gasteiger partial charge in [0.2, 0.25) is 5.89 Å². The second-order valence-corrected chi connectivity index (χ2v) is 6.34. The minimum Gasteiger partial charge on any atom is -0.391 e. The fourth-order valence-electron chi connectivity index (χ4n) is 3.70. The number of likely N-dealkylation sites (tertiary alicyclic amines) is 1. The lowest BCUT2D eigenvalue weighted by Gasteiger charge is -2.23. The Morgan fingerprint density at radius 1 is 1.39 bits per heavy atom. The molecule has 2 aromatic rings. The Bertz CT molecular complexity index is 755. The van der Waals surface area contributed by atoms with Crippen LogP contribution in [0.5, 0.6) is 0 Å². The Balaban J connectivity index is 1.68. The molecule has 0 spiro atoms. The molecular formula is C17H19N3O3. The van der Waals surface area contributed by atoms with Crippen LogP contribution in [0, 0.1) is 6.92 Å². The van der Waals surface area contributed by atoms with Crippen molar-refractivity contribution in [1.29, 1.82) is 0 Å². The molecule has 1 N–H and O–H groups in total. The predicted octanol–water partition coefficient (Wildman–Crippen LogP) is 1.81. The van der Waals surface area contributed by atoms with Gasteiger partial charge >= 0.3 is 0 Å². The van der Waals surface area contributed by atoms with E-state index in [2.05, 4.69) is 16.2 Å². The molecular weight excluding hydrogens is 294 g/mol. The highest BCUT2D eigenvalue weighted by Gasteiger charge is 2.39. The van der Waals surface area contributed by atoms with Crippen LogP contribution >= 0.6 is 0 Å². The first kappa shape index (κ1) is 14.4. The molecule has 6 nitrogen and oxygen atoms in total. The van der Waals surface area contributed by atoms with Gasteiger partial charge in [-0.1, -0.05) is 17.3 Å². The van der Waals surface area contributed by atoms with Crippen LogP contribution in [-0.4, -0.2) is 38.7 Å². The number of benzene rings is 1. The van der Waals surface area contributed by atoms with Gasteiger partial charge in [-0.25, -0.2) is 0 Å². The Labute approximate surface area is 134 Å².